The predicted molar refractivity (Wildman–Crippen MR) is 145 cm³/mol. The number of hydrogen-bond donors (Lipinski definition) is 1. The molecule has 0 aliphatic heterocycles. The van der Waals surface area contributed by atoms with E-state index in [9.17, 15) is 14.7 Å². The first kappa shape index (κ1) is 32.9. The van der Waals surface area contributed by atoms with Crippen LogP contribution in [-0.4, -0.2) is 36.4 Å². The Labute approximate surface area is 214 Å². The van der Waals surface area contributed by atoms with Crippen molar-refractivity contribution < 1.29 is 24.2 Å². The lowest BCUT2D eigenvalue weighted by Gasteiger charge is -2.15. The van der Waals surface area contributed by atoms with Crippen LogP contribution in [0, 0.1) is 0 Å². The molecule has 35 heavy (non-hydrogen) atoms. The number of aliphatic hydroxyl groups is 1. The highest BCUT2D eigenvalue weighted by atomic mass is 16.6. The van der Waals surface area contributed by atoms with E-state index in [0.717, 1.165) is 51.4 Å². The van der Waals surface area contributed by atoms with Crippen molar-refractivity contribution in [1.29, 1.82) is 0 Å². The Morgan fingerprint density at radius 3 is 1.86 bits per heavy atom. The highest BCUT2D eigenvalue weighted by Crippen LogP contribution is 2.11. The summed E-state index contributed by atoms with van der Waals surface area (Å²) in [5.41, 5.74) is 0. The maximum Gasteiger partial charge on any atom is 0.306 e. The van der Waals surface area contributed by atoms with E-state index in [4.69, 9.17) is 9.47 Å². The van der Waals surface area contributed by atoms with Gasteiger partial charge in [-0.1, -0.05) is 114 Å². The van der Waals surface area contributed by atoms with Gasteiger partial charge in [-0.05, 0) is 32.1 Å². The van der Waals surface area contributed by atoms with E-state index >= 15 is 0 Å². The number of hydrogen-bond acceptors (Lipinski definition) is 5. The highest BCUT2D eigenvalue weighted by Gasteiger charge is 2.16. The zero-order valence-electron chi connectivity index (χ0n) is 22.3. The van der Waals surface area contributed by atoms with Gasteiger partial charge in [-0.25, -0.2) is 0 Å². The van der Waals surface area contributed by atoms with Gasteiger partial charge in [0, 0.05) is 12.8 Å². The standard InChI is InChI=1S/C30H50O5/c1-3-5-7-9-11-13-14-15-16-17-19-20-22-24-29(32)34-27-28(26-31)35-30(33)25-23-21-18-12-10-8-6-4-2/h5,7,9,11,13-16,28,31H,3-4,6,8,10,12,17-27H2,1-2H3/b7-5+,11-9+,14-13+,16-15+. The molecular weight excluding hydrogens is 440 g/mol. The molecule has 0 aromatic rings. The number of aliphatic hydroxyl groups excluding tert-OH is 1. The van der Waals surface area contributed by atoms with Crippen LogP contribution in [0.5, 0.6) is 0 Å². The molecule has 0 fully saturated rings. The molecule has 0 aliphatic rings. The molecule has 0 aromatic carbocycles. The minimum atomic E-state index is -0.781. The van der Waals surface area contributed by atoms with Crippen LogP contribution in [0.15, 0.2) is 48.6 Å². The molecule has 0 aliphatic carbocycles. The summed E-state index contributed by atoms with van der Waals surface area (Å²) >= 11 is 0. The summed E-state index contributed by atoms with van der Waals surface area (Å²) in [6.45, 7) is 3.89. The second-order valence-corrected chi connectivity index (χ2v) is 8.84. The lowest BCUT2D eigenvalue weighted by molar-refractivity contribution is -0.161. The molecule has 0 aromatic heterocycles. The van der Waals surface area contributed by atoms with Crippen molar-refractivity contribution in [3.05, 3.63) is 48.6 Å². The lowest BCUT2D eigenvalue weighted by Crippen LogP contribution is -2.28. The van der Waals surface area contributed by atoms with Gasteiger partial charge in [0.25, 0.3) is 0 Å². The first-order chi connectivity index (χ1) is 17.1. The zero-order chi connectivity index (χ0) is 25.8. The summed E-state index contributed by atoms with van der Waals surface area (Å²) in [5.74, 6) is -0.650. The van der Waals surface area contributed by atoms with Crippen LogP contribution in [0.25, 0.3) is 0 Å². The van der Waals surface area contributed by atoms with E-state index in [1.165, 1.54) is 32.1 Å². The maximum absolute atomic E-state index is 12.0. The highest BCUT2D eigenvalue weighted by molar-refractivity contribution is 5.70. The Kier molecular flexibility index (Phi) is 24.8. The van der Waals surface area contributed by atoms with Crippen LogP contribution in [0.3, 0.4) is 0 Å². The summed E-state index contributed by atoms with van der Waals surface area (Å²) in [5, 5.41) is 9.41. The van der Waals surface area contributed by atoms with Crippen LogP contribution in [0.4, 0.5) is 0 Å². The molecule has 0 spiro atoms. The molecule has 0 rings (SSSR count). The van der Waals surface area contributed by atoms with Gasteiger partial charge in [-0.15, -0.1) is 0 Å². The van der Waals surface area contributed by atoms with Crippen LogP contribution in [0.2, 0.25) is 0 Å². The van der Waals surface area contributed by atoms with E-state index in [-0.39, 0.29) is 25.2 Å². The van der Waals surface area contributed by atoms with Crippen molar-refractivity contribution in [2.75, 3.05) is 13.2 Å². The average molecular weight is 491 g/mol. The fraction of sp³-hybridized carbons (Fsp3) is 0.667. The Bertz CT molecular complexity index is 618. The van der Waals surface area contributed by atoms with Gasteiger partial charge in [0.05, 0.1) is 6.61 Å². The molecule has 0 radical (unpaired) electrons. The topological polar surface area (TPSA) is 72.8 Å². The first-order valence-electron chi connectivity index (χ1n) is 13.7. The summed E-state index contributed by atoms with van der Waals surface area (Å²) in [7, 11) is 0. The Balaban J connectivity index is 3.74. The molecular formula is C30H50O5. The van der Waals surface area contributed by atoms with Crippen LogP contribution >= 0.6 is 0 Å². The molecule has 200 valence electrons. The first-order valence-corrected chi connectivity index (χ1v) is 13.7. The molecule has 5 heteroatoms. The van der Waals surface area contributed by atoms with Gasteiger partial charge in [-0.2, -0.15) is 0 Å². The van der Waals surface area contributed by atoms with Crippen molar-refractivity contribution in [2.24, 2.45) is 0 Å². The number of ether oxygens (including phenoxy) is 2. The summed E-state index contributed by atoms with van der Waals surface area (Å²) < 4.78 is 10.4. The van der Waals surface area contributed by atoms with Crippen molar-refractivity contribution in [1.82, 2.24) is 0 Å². The van der Waals surface area contributed by atoms with Crippen LogP contribution in [0.1, 0.15) is 110 Å². The van der Waals surface area contributed by atoms with Crippen molar-refractivity contribution in [3.8, 4) is 0 Å². The second kappa shape index (κ2) is 26.5. The molecule has 0 heterocycles. The second-order valence-electron chi connectivity index (χ2n) is 8.84. The largest absolute Gasteiger partial charge is 0.462 e. The van der Waals surface area contributed by atoms with Gasteiger partial charge in [0.2, 0.25) is 0 Å². The van der Waals surface area contributed by atoms with Crippen molar-refractivity contribution >= 4 is 11.9 Å². The summed E-state index contributed by atoms with van der Waals surface area (Å²) in [6.07, 6.45) is 30.2. The number of unbranched alkanes of at least 4 members (excludes halogenated alkanes) is 10. The fourth-order valence-corrected chi connectivity index (χ4v) is 3.38. The van der Waals surface area contributed by atoms with E-state index < -0.39 is 6.10 Å². The lowest BCUT2D eigenvalue weighted by atomic mass is 10.1. The quantitative estimate of drug-likeness (QED) is 0.0909. The smallest absolute Gasteiger partial charge is 0.306 e. The molecule has 0 saturated carbocycles. The van der Waals surface area contributed by atoms with Gasteiger partial charge in [0.15, 0.2) is 6.10 Å². The molecule has 1 N–H and O–H groups in total. The fourth-order valence-electron chi connectivity index (χ4n) is 3.38. The van der Waals surface area contributed by atoms with Crippen molar-refractivity contribution in [2.45, 2.75) is 116 Å². The summed E-state index contributed by atoms with van der Waals surface area (Å²) in [4.78, 5) is 23.9. The SMILES string of the molecule is CC/C=C/C=C/C=C/C=C/CCCCCC(=O)OCC(CO)OC(=O)CCCCCCCCCC. The predicted octanol–water partition coefficient (Wildman–Crippen LogP) is 7.55. The van der Waals surface area contributed by atoms with Crippen LogP contribution in [-0.2, 0) is 19.1 Å². The summed E-state index contributed by atoms with van der Waals surface area (Å²) in [6, 6.07) is 0. The Hall–Kier alpha value is -2.14. The van der Waals surface area contributed by atoms with E-state index in [1.54, 1.807) is 0 Å². The normalized spacial score (nSPS) is 12.9. The molecule has 0 amide bonds. The molecule has 1 unspecified atom stereocenters. The Morgan fingerprint density at radius 1 is 0.686 bits per heavy atom. The third-order valence-electron chi connectivity index (χ3n) is 5.48. The van der Waals surface area contributed by atoms with E-state index in [1.807, 2.05) is 36.5 Å². The van der Waals surface area contributed by atoms with E-state index in [0.29, 0.717) is 12.8 Å². The molecule has 0 bridgehead atoms. The monoisotopic (exact) mass is 490 g/mol. The van der Waals surface area contributed by atoms with E-state index in [2.05, 4.69) is 26.0 Å². The Morgan fingerprint density at radius 2 is 1.23 bits per heavy atom. The van der Waals surface area contributed by atoms with Gasteiger partial charge in [0.1, 0.15) is 6.61 Å². The minimum Gasteiger partial charge on any atom is -0.462 e. The van der Waals surface area contributed by atoms with Gasteiger partial charge in [-0.3, -0.25) is 9.59 Å². The third-order valence-corrected chi connectivity index (χ3v) is 5.48. The van der Waals surface area contributed by atoms with Crippen molar-refractivity contribution in [3.63, 3.8) is 0 Å². The number of carbonyl (C=O) groups is 2. The molecule has 1 atom stereocenters. The minimum absolute atomic E-state index is 0.0870. The number of carbonyl (C=O) groups excluding carboxylic acids is 2. The number of esters is 2. The maximum atomic E-state index is 12.0. The number of rotatable bonds is 23. The zero-order valence-corrected chi connectivity index (χ0v) is 22.3. The molecule has 5 nitrogen and oxygen atoms in total. The number of allylic oxidation sites excluding steroid dienone is 8. The van der Waals surface area contributed by atoms with Crippen LogP contribution < -0.4 is 0 Å². The molecule has 0 saturated heterocycles. The van der Waals surface area contributed by atoms with Gasteiger partial charge < -0.3 is 14.6 Å². The average Bonchev–Trinajstić information content (AvgIpc) is 2.86. The van der Waals surface area contributed by atoms with Gasteiger partial charge >= 0.3 is 11.9 Å². The third kappa shape index (κ3) is 24.8.